The average Bonchev–Trinajstić information content (AvgIpc) is 2.17. The van der Waals surface area contributed by atoms with E-state index in [1.54, 1.807) is 5.48 Å². The molecule has 0 atom stereocenters. The van der Waals surface area contributed by atoms with Crippen LogP contribution in [0.4, 0.5) is 17.1 Å². The molecule has 0 aliphatic heterocycles. The lowest BCUT2D eigenvalue weighted by Gasteiger charge is -2.03. The minimum absolute atomic E-state index is 0.0594. The maximum absolute atomic E-state index is 10.5. The SMILES string of the molecule is Cc1c(NO)cc([N+](=O)[O-])cc1[N+](=O)[O-]. The molecule has 0 aromatic heterocycles. The van der Waals surface area contributed by atoms with Crippen LogP contribution in [0.2, 0.25) is 0 Å². The Bertz CT molecular complexity index is 431. The molecule has 0 saturated carbocycles. The van der Waals surface area contributed by atoms with Gasteiger partial charge in [-0.25, -0.2) is 0 Å². The van der Waals surface area contributed by atoms with Crippen molar-refractivity contribution in [2.24, 2.45) is 0 Å². The van der Waals surface area contributed by atoms with Gasteiger partial charge in [0.2, 0.25) is 0 Å². The van der Waals surface area contributed by atoms with Crippen molar-refractivity contribution in [1.82, 2.24) is 0 Å². The highest BCUT2D eigenvalue weighted by molar-refractivity contribution is 5.64. The fourth-order valence-corrected chi connectivity index (χ4v) is 1.10. The highest BCUT2D eigenvalue weighted by Crippen LogP contribution is 2.30. The summed E-state index contributed by atoms with van der Waals surface area (Å²) >= 11 is 0. The Balaban J connectivity index is 3.45. The summed E-state index contributed by atoms with van der Waals surface area (Å²) in [5.41, 5.74) is 0.879. The van der Waals surface area contributed by atoms with E-state index in [2.05, 4.69) is 0 Å². The Morgan fingerprint density at radius 3 is 2.27 bits per heavy atom. The number of non-ortho nitro benzene ring substituents is 1. The van der Waals surface area contributed by atoms with Gasteiger partial charge >= 0.3 is 0 Å². The van der Waals surface area contributed by atoms with Crippen LogP contribution in [0, 0.1) is 27.2 Å². The predicted molar refractivity (Wildman–Crippen MR) is 49.9 cm³/mol. The Kier molecular flexibility index (Phi) is 2.81. The van der Waals surface area contributed by atoms with Gasteiger partial charge in [-0.2, -0.15) is 0 Å². The summed E-state index contributed by atoms with van der Waals surface area (Å²) in [5, 5.41) is 29.6. The first-order valence-electron chi connectivity index (χ1n) is 3.81. The fourth-order valence-electron chi connectivity index (χ4n) is 1.10. The molecule has 1 aromatic carbocycles. The molecule has 0 fully saturated rings. The summed E-state index contributed by atoms with van der Waals surface area (Å²) in [6.45, 7) is 1.38. The second kappa shape index (κ2) is 3.88. The molecule has 1 rings (SSSR count). The van der Waals surface area contributed by atoms with E-state index in [0.717, 1.165) is 12.1 Å². The topological polar surface area (TPSA) is 119 Å². The molecular formula is C7H7N3O5. The lowest BCUT2D eigenvalue weighted by Crippen LogP contribution is -2.00. The lowest BCUT2D eigenvalue weighted by atomic mass is 10.1. The van der Waals surface area contributed by atoms with Crippen molar-refractivity contribution in [3.63, 3.8) is 0 Å². The van der Waals surface area contributed by atoms with E-state index < -0.39 is 21.2 Å². The van der Waals surface area contributed by atoms with Crippen LogP contribution in [0.5, 0.6) is 0 Å². The maximum atomic E-state index is 10.5. The van der Waals surface area contributed by atoms with Crippen LogP contribution in [0.3, 0.4) is 0 Å². The number of hydrogen-bond donors (Lipinski definition) is 2. The molecule has 0 aliphatic rings. The van der Waals surface area contributed by atoms with E-state index in [1.165, 1.54) is 6.92 Å². The summed E-state index contributed by atoms with van der Waals surface area (Å²) in [5.74, 6) is 0. The number of nitrogens with one attached hydrogen (secondary N) is 1. The van der Waals surface area contributed by atoms with E-state index in [9.17, 15) is 20.2 Å². The van der Waals surface area contributed by atoms with Crippen LogP contribution in [0.1, 0.15) is 5.56 Å². The third-order valence-electron chi connectivity index (χ3n) is 1.89. The number of nitrogens with zero attached hydrogens (tertiary/aromatic N) is 2. The number of nitro benzene ring substituents is 2. The molecule has 0 saturated heterocycles. The first kappa shape index (κ1) is 10.9. The van der Waals surface area contributed by atoms with Crippen molar-refractivity contribution in [3.05, 3.63) is 37.9 Å². The molecule has 1 aromatic rings. The molecule has 0 amide bonds. The quantitative estimate of drug-likeness (QED) is 0.581. The van der Waals surface area contributed by atoms with Gasteiger partial charge in [0.1, 0.15) is 0 Å². The van der Waals surface area contributed by atoms with Crippen molar-refractivity contribution in [3.8, 4) is 0 Å². The largest absolute Gasteiger partial charge is 0.291 e. The van der Waals surface area contributed by atoms with Crippen LogP contribution in [-0.2, 0) is 0 Å². The lowest BCUT2D eigenvalue weighted by molar-refractivity contribution is -0.394. The van der Waals surface area contributed by atoms with Crippen LogP contribution in [0.15, 0.2) is 12.1 Å². The van der Waals surface area contributed by atoms with Crippen molar-refractivity contribution in [1.29, 1.82) is 0 Å². The molecule has 8 nitrogen and oxygen atoms in total. The summed E-state index contributed by atoms with van der Waals surface area (Å²) in [7, 11) is 0. The minimum Gasteiger partial charge on any atom is -0.291 e. The molecule has 0 unspecified atom stereocenters. The Labute approximate surface area is 83.4 Å². The summed E-state index contributed by atoms with van der Waals surface area (Å²) in [4.78, 5) is 19.4. The Morgan fingerprint density at radius 1 is 1.27 bits per heavy atom. The molecule has 8 heteroatoms. The average molecular weight is 213 g/mol. The molecule has 80 valence electrons. The third kappa shape index (κ3) is 1.99. The van der Waals surface area contributed by atoms with Gasteiger partial charge in [0.05, 0.1) is 27.2 Å². The molecule has 0 spiro atoms. The van der Waals surface area contributed by atoms with Gasteiger partial charge < -0.3 is 0 Å². The van der Waals surface area contributed by atoms with Crippen LogP contribution in [0.25, 0.3) is 0 Å². The molecule has 0 aliphatic carbocycles. The normalized spacial score (nSPS) is 9.73. The van der Waals surface area contributed by atoms with Gasteiger partial charge in [0, 0.05) is 6.07 Å². The second-order valence-electron chi connectivity index (χ2n) is 2.76. The minimum atomic E-state index is -0.771. The molecule has 0 bridgehead atoms. The van der Waals surface area contributed by atoms with Crippen molar-refractivity contribution in [2.45, 2.75) is 6.92 Å². The van der Waals surface area contributed by atoms with Gasteiger partial charge in [0.25, 0.3) is 11.4 Å². The molecule has 0 radical (unpaired) electrons. The number of anilines is 1. The zero-order valence-corrected chi connectivity index (χ0v) is 7.63. The standard InChI is InChI=1S/C7H7N3O5/c1-4-6(8-11)2-5(9(12)13)3-7(4)10(14)15/h2-3,8,11H,1H3. The highest BCUT2D eigenvalue weighted by Gasteiger charge is 2.20. The van der Waals surface area contributed by atoms with E-state index in [1.807, 2.05) is 0 Å². The molecule has 15 heavy (non-hydrogen) atoms. The summed E-state index contributed by atoms with van der Waals surface area (Å²) in [6.07, 6.45) is 0. The van der Waals surface area contributed by atoms with Crippen LogP contribution >= 0.6 is 0 Å². The van der Waals surface area contributed by atoms with Crippen LogP contribution < -0.4 is 5.48 Å². The maximum Gasteiger partial charge on any atom is 0.281 e. The highest BCUT2D eigenvalue weighted by atomic mass is 16.6. The van der Waals surface area contributed by atoms with Gasteiger partial charge in [-0.15, -0.1) is 0 Å². The molecule has 2 N–H and O–H groups in total. The van der Waals surface area contributed by atoms with Crippen molar-refractivity contribution in [2.75, 3.05) is 5.48 Å². The van der Waals surface area contributed by atoms with E-state index in [4.69, 9.17) is 5.21 Å². The number of nitro groups is 2. The number of benzene rings is 1. The zero-order valence-electron chi connectivity index (χ0n) is 7.63. The predicted octanol–water partition coefficient (Wildman–Crippen LogP) is 1.61. The monoisotopic (exact) mass is 213 g/mol. The Hall–Kier alpha value is -2.22. The van der Waals surface area contributed by atoms with Crippen molar-refractivity contribution < 1.29 is 15.1 Å². The Morgan fingerprint density at radius 2 is 1.87 bits per heavy atom. The summed E-state index contributed by atoms with van der Waals surface area (Å²) < 4.78 is 0. The smallest absolute Gasteiger partial charge is 0.281 e. The fraction of sp³-hybridized carbons (Fsp3) is 0.143. The van der Waals surface area contributed by atoms with E-state index in [-0.39, 0.29) is 11.3 Å². The first-order valence-corrected chi connectivity index (χ1v) is 3.81. The van der Waals surface area contributed by atoms with Gasteiger partial charge in [-0.1, -0.05) is 0 Å². The second-order valence-corrected chi connectivity index (χ2v) is 2.76. The molecular weight excluding hydrogens is 206 g/mol. The summed E-state index contributed by atoms with van der Waals surface area (Å²) in [6, 6.07) is 1.86. The van der Waals surface area contributed by atoms with E-state index >= 15 is 0 Å². The van der Waals surface area contributed by atoms with Gasteiger partial charge in [-0.3, -0.25) is 30.9 Å². The number of rotatable bonds is 3. The van der Waals surface area contributed by atoms with Gasteiger partial charge in [-0.05, 0) is 6.92 Å². The molecule has 0 heterocycles. The van der Waals surface area contributed by atoms with Crippen molar-refractivity contribution >= 4 is 17.1 Å². The number of hydrogen-bond acceptors (Lipinski definition) is 6. The van der Waals surface area contributed by atoms with Gasteiger partial charge in [0.15, 0.2) is 0 Å². The first-order chi connectivity index (χ1) is 6.97. The third-order valence-corrected chi connectivity index (χ3v) is 1.89. The van der Waals surface area contributed by atoms with E-state index in [0.29, 0.717) is 0 Å². The zero-order chi connectivity index (χ0) is 11.6. The van der Waals surface area contributed by atoms with Crippen LogP contribution in [-0.4, -0.2) is 15.1 Å².